The molecule has 178 valence electrons. The lowest BCUT2D eigenvalue weighted by molar-refractivity contribution is 0.772. The fourth-order valence-electron chi connectivity index (χ4n) is 2.57. The van der Waals surface area contributed by atoms with Gasteiger partial charge in [0.2, 0.25) is 0 Å². The quantitative estimate of drug-likeness (QED) is 0.446. The number of hydrogen-bond acceptors (Lipinski definition) is 0. The summed E-state index contributed by atoms with van der Waals surface area (Å²) in [6.45, 7) is 27.3. The summed E-state index contributed by atoms with van der Waals surface area (Å²) < 4.78 is 0. The van der Waals surface area contributed by atoms with Crippen molar-refractivity contribution in [2.24, 2.45) is 0 Å². The first kappa shape index (κ1) is 33.8. The standard InChI is InChI=1S/C11H14.C8H10.2C5H12.C2H6/c1-8(2)11-7-9(3)5-6-10(11)4;1-7-5-3-4-6-8(7)2;2*1-3-5-4-2;1-2/h5-7H,1H2,2-4H3;3-6H,1-2H3;2*3-5H2,1-2H3;1-2H3. The zero-order valence-electron chi connectivity index (χ0n) is 23.0. The molecular weight excluding hydrogens is 372 g/mol. The van der Waals surface area contributed by atoms with Gasteiger partial charge in [-0.1, -0.05) is 140 Å². The normalized spacial score (nSPS) is 8.74. The summed E-state index contributed by atoms with van der Waals surface area (Å²) in [6, 6.07) is 14.8. The van der Waals surface area contributed by atoms with Crippen LogP contribution in [0.3, 0.4) is 0 Å². The van der Waals surface area contributed by atoms with Crippen molar-refractivity contribution in [3.63, 3.8) is 0 Å². The summed E-state index contributed by atoms with van der Waals surface area (Å²) in [5.41, 5.74) is 7.77. The van der Waals surface area contributed by atoms with Crippen molar-refractivity contribution in [2.45, 2.75) is 115 Å². The molecule has 0 aliphatic heterocycles. The number of unbranched alkanes of at least 4 members (excludes halogenated alkanes) is 4. The average molecular weight is 427 g/mol. The molecule has 0 bridgehead atoms. The molecule has 0 aliphatic carbocycles. The minimum absolute atomic E-state index is 1.14. The van der Waals surface area contributed by atoms with Crippen LogP contribution in [0.2, 0.25) is 0 Å². The van der Waals surface area contributed by atoms with Gasteiger partial charge in [0, 0.05) is 0 Å². The minimum Gasteiger partial charge on any atom is -0.0955 e. The molecule has 0 radical (unpaired) electrons. The molecule has 0 saturated heterocycles. The van der Waals surface area contributed by atoms with Crippen LogP contribution in [-0.4, -0.2) is 0 Å². The lowest BCUT2D eigenvalue weighted by atomic mass is 10.0. The predicted octanol–water partition coefficient (Wildman–Crippen LogP) is 11.1. The topological polar surface area (TPSA) is 0 Å². The van der Waals surface area contributed by atoms with Crippen molar-refractivity contribution >= 4 is 5.57 Å². The van der Waals surface area contributed by atoms with Crippen LogP contribution in [0.5, 0.6) is 0 Å². The SMILES string of the molecule is C=C(C)c1cc(C)ccc1C.CC.CCCCC.CCCCC.Cc1ccccc1C. The van der Waals surface area contributed by atoms with Crippen LogP contribution in [0.25, 0.3) is 5.57 Å². The van der Waals surface area contributed by atoms with Crippen LogP contribution in [0, 0.1) is 27.7 Å². The summed E-state index contributed by atoms with van der Waals surface area (Å²) in [6.07, 6.45) is 8.15. The molecular formula is C31H54. The molecule has 0 spiro atoms. The van der Waals surface area contributed by atoms with E-state index in [4.69, 9.17) is 0 Å². The molecule has 0 nitrogen and oxygen atoms in total. The van der Waals surface area contributed by atoms with Gasteiger partial charge in [-0.05, 0) is 56.9 Å². The highest BCUT2D eigenvalue weighted by Gasteiger charge is 1.97. The summed E-state index contributed by atoms with van der Waals surface area (Å²) in [5.74, 6) is 0. The Hall–Kier alpha value is -1.82. The number of rotatable bonds is 5. The van der Waals surface area contributed by atoms with E-state index in [1.807, 2.05) is 20.8 Å². The molecule has 0 heterocycles. The lowest BCUT2D eigenvalue weighted by Gasteiger charge is -2.05. The summed E-state index contributed by atoms with van der Waals surface area (Å²) >= 11 is 0. The van der Waals surface area contributed by atoms with E-state index in [0.717, 1.165) is 5.57 Å². The molecule has 2 rings (SSSR count). The highest BCUT2D eigenvalue weighted by molar-refractivity contribution is 5.64. The van der Waals surface area contributed by atoms with Gasteiger partial charge < -0.3 is 0 Å². The molecule has 0 N–H and O–H groups in total. The van der Waals surface area contributed by atoms with Crippen LogP contribution in [0.4, 0.5) is 0 Å². The maximum atomic E-state index is 3.93. The van der Waals surface area contributed by atoms with Gasteiger partial charge in [-0.2, -0.15) is 0 Å². The second kappa shape index (κ2) is 24.4. The zero-order chi connectivity index (χ0) is 24.7. The first-order chi connectivity index (χ1) is 14.7. The molecule has 0 aliphatic rings. The number of hydrogen-bond donors (Lipinski definition) is 0. The van der Waals surface area contributed by atoms with Crippen LogP contribution < -0.4 is 0 Å². The molecule has 2 aromatic rings. The van der Waals surface area contributed by atoms with Crippen molar-refractivity contribution in [3.8, 4) is 0 Å². The minimum atomic E-state index is 1.14. The van der Waals surface area contributed by atoms with E-state index < -0.39 is 0 Å². The summed E-state index contributed by atoms with van der Waals surface area (Å²) in [5, 5.41) is 0. The number of benzene rings is 2. The summed E-state index contributed by atoms with van der Waals surface area (Å²) in [4.78, 5) is 0. The summed E-state index contributed by atoms with van der Waals surface area (Å²) in [7, 11) is 0. The van der Waals surface area contributed by atoms with Crippen LogP contribution in [-0.2, 0) is 0 Å². The zero-order valence-corrected chi connectivity index (χ0v) is 23.0. The smallest absolute Gasteiger partial charge is 0.0201 e. The van der Waals surface area contributed by atoms with Crippen molar-refractivity contribution < 1.29 is 0 Å². The van der Waals surface area contributed by atoms with Gasteiger partial charge in [0.25, 0.3) is 0 Å². The number of allylic oxidation sites excluding steroid dienone is 1. The lowest BCUT2D eigenvalue weighted by Crippen LogP contribution is -1.85. The van der Waals surface area contributed by atoms with Gasteiger partial charge in [0.1, 0.15) is 0 Å². The van der Waals surface area contributed by atoms with Crippen LogP contribution in [0.15, 0.2) is 49.0 Å². The average Bonchev–Trinajstić information content (AvgIpc) is 2.76. The maximum Gasteiger partial charge on any atom is -0.0201 e. The van der Waals surface area contributed by atoms with Crippen LogP contribution >= 0.6 is 0 Å². The third-order valence-corrected chi connectivity index (χ3v) is 4.69. The highest BCUT2D eigenvalue weighted by Crippen LogP contribution is 2.17. The van der Waals surface area contributed by atoms with Gasteiger partial charge in [-0.15, -0.1) is 0 Å². The van der Waals surface area contributed by atoms with Gasteiger partial charge in [-0.3, -0.25) is 0 Å². The Kier molecular flexibility index (Phi) is 26.7. The largest absolute Gasteiger partial charge is 0.0955 e. The number of aryl methyl sites for hydroxylation is 4. The Morgan fingerprint density at radius 1 is 0.645 bits per heavy atom. The first-order valence-corrected chi connectivity index (χ1v) is 12.5. The predicted molar refractivity (Wildman–Crippen MR) is 148 cm³/mol. The monoisotopic (exact) mass is 426 g/mol. The Morgan fingerprint density at radius 3 is 1.26 bits per heavy atom. The Balaban J connectivity index is -0.000000347. The van der Waals surface area contributed by atoms with Crippen LogP contribution in [0.1, 0.15) is 115 Å². The third kappa shape index (κ3) is 21.2. The molecule has 0 heteroatoms. The highest BCUT2D eigenvalue weighted by atomic mass is 14.0. The van der Waals surface area contributed by atoms with Crippen molar-refractivity contribution in [1.29, 1.82) is 0 Å². The van der Waals surface area contributed by atoms with Crippen molar-refractivity contribution in [2.75, 3.05) is 0 Å². The van der Waals surface area contributed by atoms with E-state index in [1.165, 1.54) is 66.3 Å². The van der Waals surface area contributed by atoms with Gasteiger partial charge in [0.05, 0.1) is 0 Å². The van der Waals surface area contributed by atoms with Crippen molar-refractivity contribution in [1.82, 2.24) is 0 Å². The Morgan fingerprint density at radius 2 is 1.03 bits per heavy atom. The molecule has 2 aromatic carbocycles. The van der Waals surface area contributed by atoms with Gasteiger partial charge in [0.15, 0.2) is 0 Å². The molecule has 0 fully saturated rings. The fourth-order valence-corrected chi connectivity index (χ4v) is 2.57. The van der Waals surface area contributed by atoms with E-state index in [0.29, 0.717) is 0 Å². The Bertz CT molecular complexity index is 618. The second-order valence-corrected chi connectivity index (χ2v) is 7.89. The Labute approximate surface area is 197 Å². The maximum absolute atomic E-state index is 3.93. The first-order valence-electron chi connectivity index (χ1n) is 12.5. The van der Waals surface area contributed by atoms with E-state index in [-0.39, 0.29) is 0 Å². The van der Waals surface area contributed by atoms with Gasteiger partial charge >= 0.3 is 0 Å². The third-order valence-electron chi connectivity index (χ3n) is 4.69. The van der Waals surface area contributed by atoms with E-state index in [2.05, 4.69) is 104 Å². The molecule has 0 unspecified atom stereocenters. The molecule has 0 amide bonds. The fraction of sp³-hybridized carbons (Fsp3) is 0.548. The second-order valence-electron chi connectivity index (χ2n) is 7.89. The van der Waals surface area contributed by atoms with Gasteiger partial charge in [-0.25, -0.2) is 0 Å². The molecule has 31 heavy (non-hydrogen) atoms. The van der Waals surface area contributed by atoms with Crippen molar-refractivity contribution in [3.05, 3.63) is 76.9 Å². The van der Waals surface area contributed by atoms with E-state index in [9.17, 15) is 0 Å². The molecule has 0 saturated carbocycles. The molecule has 0 atom stereocenters. The van der Waals surface area contributed by atoms with E-state index >= 15 is 0 Å². The van der Waals surface area contributed by atoms with E-state index in [1.54, 1.807) is 0 Å². The molecule has 0 aromatic heterocycles.